The van der Waals surface area contributed by atoms with Crippen LogP contribution in [-0.2, 0) is 12.8 Å². The number of benzene rings is 1. The van der Waals surface area contributed by atoms with Gasteiger partial charge in [-0.25, -0.2) is 0 Å². The number of aryl methyl sites for hydroxylation is 1. The quantitative estimate of drug-likeness (QED) is 0.856. The number of hydrogen-bond donors (Lipinski definition) is 1. The molecule has 0 unspecified atom stereocenters. The molecule has 3 nitrogen and oxygen atoms in total. The van der Waals surface area contributed by atoms with E-state index in [2.05, 4.69) is 51.0 Å². The van der Waals surface area contributed by atoms with Crippen LogP contribution in [0.2, 0.25) is 0 Å². The van der Waals surface area contributed by atoms with Crippen molar-refractivity contribution >= 4 is 0 Å². The summed E-state index contributed by atoms with van der Waals surface area (Å²) in [5, 5.41) is 3.03. The van der Waals surface area contributed by atoms with Crippen LogP contribution in [0.4, 0.5) is 0 Å². The molecular formula is C18H26N2O. The lowest BCUT2D eigenvalue weighted by Crippen LogP contribution is -2.08. The summed E-state index contributed by atoms with van der Waals surface area (Å²) in [5.41, 5.74) is 4.43. The van der Waals surface area contributed by atoms with E-state index in [1.807, 2.05) is 10.7 Å². The molecule has 0 radical (unpaired) electrons. The highest BCUT2D eigenvalue weighted by molar-refractivity contribution is 5.38. The molecule has 1 aromatic carbocycles. The van der Waals surface area contributed by atoms with Gasteiger partial charge in [0.1, 0.15) is 0 Å². The molecule has 0 amide bonds. The largest absolute Gasteiger partial charge is 0.268 e. The summed E-state index contributed by atoms with van der Waals surface area (Å²) in [6.07, 6.45) is 3.96. The number of unbranched alkanes of at least 4 members (excludes halogenated alkanes) is 1. The number of aromatic amines is 1. The van der Waals surface area contributed by atoms with E-state index in [4.69, 9.17) is 0 Å². The molecule has 2 aromatic rings. The topological polar surface area (TPSA) is 37.8 Å². The molecule has 2 rings (SSSR count). The molecule has 0 atom stereocenters. The first-order valence-electron chi connectivity index (χ1n) is 7.92. The highest BCUT2D eigenvalue weighted by Gasteiger charge is 2.16. The van der Waals surface area contributed by atoms with Gasteiger partial charge in [0.05, 0.1) is 5.69 Å². The molecule has 21 heavy (non-hydrogen) atoms. The first-order valence-corrected chi connectivity index (χ1v) is 7.92. The minimum atomic E-state index is 0.0700. The molecule has 1 heterocycles. The van der Waals surface area contributed by atoms with Gasteiger partial charge < -0.3 is 0 Å². The summed E-state index contributed by atoms with van der Waals surface area (Å²) in [5.74, 6) is 0.525. The summed E-state index contributed by atoms with van der Waals surface area (Å²) in [4.78, 5) is 12.3. The van der Waals surface area contributed by atoms with Crippen molar-refractivity contribution in [3.05, 3.63) is 51.4 Å². The van der Waals surface area contributed by atoms with Gasteiger partial charge in [-0.1, -0.05) is 39.3 Å². The van der Waals surface area contributed by atoms with Crippen molar-refractivity contribution in [1.29, 1.82) is 0 Å². The lowest BCUT2D eigenvalue weighted by molar-refractivity contribution is 0.610. The van der Waals surface area contributed by atoms with E-state index in [9.17, 15) is 4.79 Å². The van der Waals surface area contributed by atoms with Crippen LogP contribution in [-0.4, -0.2) is 9.78 Å². The van der Waals surface area contributed by atoms with Crippen molar-refractivity contribution in [2.75, 3.05) is 0 Å². The molecular weight excluding hydrogens is 260 g/mol. The maximum atomic E-state index is 12.3. The number of nitrogens with one attached hydrogen (secondary N) is 1. The third kappa shape index (κ3) is 3.66. The van der Waals surface area contributed by atoms with Gasteiger partial charge in [0.25, 0.3) is 5.56 Å². The van der Waals surface area contributed by atoms with Crippen molar-refractivity contribution in [2.45, 2.75) is 53.4 Å². The van der Waals surface area contributed by atoms with E-state index < -0.39 is 0 Å². The Balaban J connectivity index is 2.52. The van der Waals surface area contributed by atoms with Gasteiger partial charge in [0.2, 0.25) is 0 Å². The van der Waals surface area contributed by atoms with Gasteiger partial charge in [0.15, 0.2) is 0 Å². The van der Waals surface area contributed by atoms with Crippen LogP contribution >= 0.6 is 0 Å². The number of hydrogen-bond acceptors (Lipinski definition) is 1. The molecule has 0 aliphatic carbocycles. The highest BCUT2D eigenvalue weighted by atomic mass is 16.1. The van der Waals surface area contributed by atoms with Crippen molar-refractivity contribution in [1.82, 2.24) is 9.78 Å². The van der Waals surface area contributed by atoms with Gasteiger partial charge >= 0.3 is 0 Å². The van der Waals surface area contributed by atoms with Crippen LogP contribution in [0, 0.1) is 12.8 Å². The Morgan fingerprint density at radius 2 is 2.05 bits per heavy atom. The molecule has 114 valence electrons. The van der Waals surface area contributed by atoms with Crippen molar-refractivity contribution in [3.8, 4) is 5.69 Å². The average Bonchev–Trinajstić information content (AvgIpc) is 2.72. The number of aromatic nitrogens is 2. The molecule has 0 saturated carbocycles. The van der Waals surface area contributed by atoms with Gasteiger partial charge in [-0.3, -0.25) is 14.6 Å². The Morgan fingerprint density at radius 3 is 2.67 bits per heavy atom. The predicted octanol–water partition coefficient (Wildman–Crippen LogP) is 4.02. The van der Waals surface area contributed by atoms with Crippen molar-refractivity contribution < 1.29 is 0 Å². The fraction of sp³-hybridized carbons (Fsp3) is 0.500. The number of rotatable bonds is 6. The number of nitrogens with zero attached hydrogens (tertiary/aromatic N) is 1. The Hall–Kier alpha value is -1.77. The molecule has 0 bridgehead atoms. The SMILES string of the molecule is CCCCc1c(CC(C)C)n(-c2cccc(C)c2)[nH]c1=O. The van der Waals surface area contributed by atoms with Crippen LogP contribution in [0.25, 0.3) is 5.69 Å². The third-order valence-electron chi connectivity index (χ3n) is 3.75. The zero-order valence-corrected chi connectivity index (χ0v) is 13.6. The summed E-state index contributed by atoms with van der Waals surface area (Å²) < 4.78 is 1.99. The van der Waals surface area contributed by atoms with Crippen LogP contribution in [0.1, 0.15) is 50.4 Å². The smallest absolute Gasteiger partial charge is 0.267 e. The van der Waals surface area contributed by atoms with E-state index in [0.717, 1.165) is 42.6 Å². The zero-order valence-electron chi connectivity index (χ0n) is 13.6. The maximum absolute atomic E-state index is 12.3. The van der Waals surface area contributed by atoms with E-state index >= 15 is 0 Å². The Bertz CT molecular complexity index is 649. The van der Waals surface area contributed by atoms with Gasteiger partial charge in [-0.15, -0.1) is 0 Å². The van der Waals surface area contributed by atoms with Gasteiger partial charge in [-0.05, 0) is 49.8 Å². The molecule has 0 aliphatic heterocycles. The Morgan fingerprint density at radius 1 is 1.29 bits per heavy atom. The normalized spacial score (nSPS) is 11.3. The second kappa shape index (κ2) is 6.79. The van der Waals surface area contributed by atoms with Crippen LogP contribution < -0.4 is 5.56 Å². The monoisotopic (exact) mass is 286 g/mol. The molecule has 1 aromatic heterocycles. The lowest BCUT2D eigenvalue weighted by Gasteiger charge is -2.12. The summed E-state index contributed by atoms with van der Waals surface area (Å²) in [7, 11) is 0. The van der Waals surface area contributed by atoms with E-state index in [-0.39, 0.29) is 5.56 Å². The third-order valence-corrected chi connectivity index (χ3v) is 3.75. The molecule has 0 aliphatic rings. The first-order chi connectivity index (χ1) is 10.0. The minimum Gasteiger partial charge on any atom is -0.268 e. The summed E-state index contributed by atoms with van der Waals surface area (Å²) >= 11 is 0. The molecule has 0 fully saturated rings. The minimum absolute atomic E-state index is 0.0700. The van der Waals surface area contributed by atoms with E-state index in [1.165, 1.54) is 5.56 Å². The molecule has 1 N–H and O–H groups in total. The highest BCUT2D eigenvalue weighted by Crippen LogP contribution is 2.18. The zero-order chi connectivity index (χ0) is 15.4. The first kappa shape index (κ1) is 15.6. The average molecular weight is 286 g/mol. The molecule has 0 saturated heterocycles. The molecule has 0 spiro atoms. The van der Waals surface area contributed by atoms with Gasteiger partial charge in [0, 0.05) is 11.3 Å². The Labute approximate surface area is 127 Å². The summed E-state index contributed by atoms with van der Waals surface area (Å²) in [6, 6.07) is 8.28. The fourth-order valence-corrected chi connectivity index (χ4v) is 2.70. The van der Waals surface area contributed by atoms with Crippen LogP contribution in [0.5, 0.6) is 0 Å². The predicted molar refractivity (Wildman–Crippen MR) is 88.3 cm³/mol. The maximum Gasteiger partial charge on any atom is 0.267 e. The Kier molecular flexibility index (Phi) is 5.05. The standard InChI is InChI=1S/C18H26N2O/c1-5-6-10-16-17(11-13(2)3)20(19-18(16)21)15-9-7-8-14(4)12-15/h7-9,12-13H,5-6,10-11H2,1-4H3,(H,19,21). The van der Waals surface area contributed by atoms with Crippen LogP contribution in [0.3, 0.4) is 0 Å². The summed E-state index contributed by atoms with van der Waals surface area (Å²) in [6.45, 7) is 8.63. The van der Waals surface area contributed by atoms with Crippen molar-refractivity contribution in [2.24, 2.45) is 5.92 Å². The van der Waals surface area contributed by atoms with E-state index in [0.29, 0.717) is 5.92 Å². The van der Waals surface area contributed by atoms with Gasteiger partial charge in [-0.2, -0.15) is 0 Å². The van der Waals surface area contributed by atoms with Crippen molar-refractivity contribution in [3.63, 3.8) is 0 Å². The van der Waals surface area contributed by atoms with E-state index in [1.54, 1.807) is 0 Å². The number of H-pyrrole nitrogens is 1. The second-order valence-corrected chi connectivity index (χ2v) is 6.24. The molecule has 3 heteroatoms. The second-order valence-electron chi connectivity index (χ2n) is 6.24. The van der Waals surface area contributed by atoms with Crippen LogP contribution in [0.15, 0.2) is 29.1 Å². The fourth-order valence-electron chi connectivity index (χ4n) is 2.70. The lowest BCUT2D eigenvalue weighted by atomic mass is 10.0.